The van der Waals surface area contributed by atoms with Crippen molar-refractivity contribution in [3.05, 3.63) is 288 Å². The van der Waals surface area contributed by atoms with E-state index in [9.17, 15) is 0 Å². The Morgan fingerprint density at radius 3 is 0.942 bits per heavy atom. The van der Waals surface area contributed by atoms with Crippen molar-refractivity contribution in [1.29, 1.82) is 0 Å². The monoisotopic (exact) mass is 1650 g/mol. The molecule has 0 spiro atoms. The number of aromatic nitrogens is 7. The molecule has 8 heterocycles. The highest BCUT2D eigenvalue weighted by molar-refractivity contribution is 7.19. The van der Waals surface area contributed by atoms with Gasteiger partial charge in [0.2, 0.25) is 0 Å². The quantitative estimate of drug-likeness (QED) is 0.0952. The van der Waals surface area contributed by atoms with Crippen molar-refractivity contribution in [3.8, 4) is 0 Å². The molecule has 0 aliphatic carbocycles. The lowest BCUT2D eigenvalue weighted by Gasteiger charge is -2.09. The van der Waals surface area contributed by atoms with Crippen LogP contribution in [-0.2, 0) is 0 Å². The lowest BCUT2D eigenvalue weighted by atomic mass is 9.98. The van der Waals surface area contributed by atoms with Crippen molar-refractivity contribution in [2.45, 2.75) is 331 Å². The normalized spacial score (nSPS) is 11.4. The summed E-state index contributed by atoms with van der Waals surface area (Å²) >= 11 is 3.87. The minimum atomic E-state index is 0. The zero-order chi connectivity index (χ0) is 87.1. The van der Waals surface area contributed by atoms with E-state index in [1.165, 1.54) is 119 Å². The molecular weight excluding hydrogens is 1500 g/mol. The Balaban J connectivity index is 0.000000244. The molecule has 14 aromatic rings. The third-order valence-corrected chi connectivity index (χ3v) is 24.7. The van der Waals surface area contributed by atoms with Gasteiger partial charge < -0.3 is 0 Å². The second-order valence-corrected chi connectivity index (χ2v) is 39.3. The Morgan fingerprint density at radius 1 is 0.183 bits per heavy atom. The molecule has 0 amide bonds. The summed E-state index contributed by atoms with van der Waals surface area (Å²) < 4.78 is 1.42. The first-order valence-electron chi connectivity index (χ1n) is 44.1. The van der Waals surface area contributed by atoms with Crippen LogP contribution in [0.3, 0.4) is 0 Å². The number of thiophene rings is 2. The van der Waals surface area contributed by atoms with Gasteiger partial charge >= 0.3 is 0 Å². The standard InChI is InChI=1S/4C15H19N.C14H18N2.C14H18S.C11H17N.C10H16S.2CH4/c1-10(2)12-5-6-15-13(7-12)8-14(9-16-15)11(3)4;1-10(2)12-5-6-13-9-16-15(11(3)4)8-14(13)7-12;2*1-10(2)13-6-5-12-7-8-14(11(3)4)16-15(12)9-13;1-9(2)11-5-6-12-13(7-11)16-14(8-15-12)10(3)4;1-9(2)11-5-6-13-12(7-11)8-14(15-13)10(3)4;1-8(2)10-5-11(9(3)4)7-12-6-10;1-7(2)9-5-6-10(11-9)8(3)4;;/h4*5-11H,1-4H3;5-10H,1-4H3;5-10H,1-4H3;5-9H,1-4H3;5-8H,1-4H3;2*1H4. The summed E-state index contributed by atoms with van der Waals surface area (Å²) in [5.41, 5.74) is 22.2. The molecular formula is C111H153N7S2. The Hall–Kier alpha value is -8.89. The van der Waals surface area contributed by atoms with Crippen LogP contribution in [0.4, 0.5) is 0 Å². The molecule has 0 fully saturated rings. The molecule has 0 saturated carbocycles. The van der Waals surface area contributed by atoms with Crippen molar-refractivity contribution < 1.29 is 0 Å². The summed E-state index contributed by atoms with van der Waals surface area (Å²) in [7, 11) is 0. The molecule has 8 aromatic heterocycles. The predicted octanol–water partition coefficient (Wildman–Crippen LogP) is 35.5. The van der Waals surface area contributed by atoms with Crippen LogP contribution in [0.5, 0.6) is 0 Å². The average molecular weight is 1650 g/mol. The zero-order valence-corrected chi connectivity index (χ0v) is 79.9. The Kier molecular flexibility index (Phi) is 40.7. The predicted molar refractivity (Wildman–Crippen MR) is 536 cm³/mol. The number of fused-ring (bicyclic) bond motifs is 6. The highest BCUT2D eigenvalue weighted by Crippen LogP contribution is 2.35. The second-order valence-electron chi connectivity index (χ2n) is 37.1. The highest BCUT2D eigenvalue weighted by atomic mass is 32.1. The topological polar surface area (TPSA) is 90.2 Å². The molecule has 644 valence electrons. The van der Waals surface area contributed by atoms with Gasteiger partial charge in [-0.2, -0.15) is 0 Å². The molecule has 0 saturated heterocycles. The van der Waals surface area contributed by atoms with Crippen LogP contribution in [0.15, 0.2) is 201 Å². The Bertz CT molecular complexity index is 4610. The van der Waals surface area contributed by atoms with Crippen molar-refractivity contribution in [2.24, 2.45) is 0 Å². The lowest BCUT2D eigenvalue weighted by Crippen LogP contribution is -1.96. The molecule has 7 nitrogen and oxygen atoms in total. The summed E-state index contributed by atoms with van der Waals surface area (Å²) in [6, 6.07) is 61.7. The number of hydrogen-bond acceptors (Lipinski definition) is 9. The molecule has 0 N–H and O–H groups in total. The summed E-state index contributed by atoms with van der Waals surface area (Å²) in [6.07, 6.45) is 9.76. The molecule has 14 rings (SSSR count). The van der Waals surface area contributed by atoms with Gasteiger partial charge in [0.1, 0.15) is 0 Å². The fourth-order valence-corrected chi connectivity index (χ4v) is 14.9. The molecule has 0 aliphatic rings. The molecule has 0 aliphatic heterocycles. The van der Waals surface area contributed by atoms with Gasteiger partial charge in [-0.25, -0.2) is 4.98 Å². The number of pyridine rings is 5. The highest BCUT2D eigenvalue weighted by Gasteiger charge is 2.14. The van der Waals surface area contributed by atoms with Crippen molar-refractivity contribution in [1.82, 2.24) is 34.9 Å². The average Bonchev–Trinajstić information content (AvgIpc) is 1.34. The largest absolute Gasteiger partial charge is 0.264 e. The molecule has 120 heavy (non-hydrogen) atoms. The van der Waals surface area contributed by atoms with E-state index in [1.54, 1.807) is 0 Å². The fraction of sp³-hybridized carbons (Fsp3) is 0.450. The molecule has 0 radical (unpaired) electrons. The van der Waals surface area contributed by atoms with Crippen LogP contribution >= 0.6 is 22.7 Å². The van der Waals surface area contributed by atoms with E-state index in [1.807, 2.05) is 53.7 Å². The van der Waals surface area contributed by atoms with Crippen molar-refractivity contribution >= 4 is 87.3 Å². The van der Waals surface area contributed by atoms with Gasteiger partial charge in [0, 0.05) is 88.9 Å². The summed E-state index contributed by atoms with van der Waals surface area (Å²) in [4.78, 5) is 36.2. The summed E-state index contributed by atoms with van der Waals surface area (Å²) in [5, 5.41) is 7.67. The zero-order valence-electron chi connectivity index (χ0n) is 78.2. The van der Waals surface area contributed by atoms with Crippen LogP contribution in [0.1, 0.15) is 419 Å². The number of rotatable bonds is 16. The van der Waals surface area contributed by atoms with Crippen LogP contribution in [0.25, 0.3) is 64.6 Å². The summed E-state index contributed by atoms with van der Waals surface area (Å²) in [6.45, 7) is 70.7. The molecule has 9 heteroatoms. The van der Waals surface area contributed by atoms with Crippen LogP contribution in [0.2, 0.25) is 0 Å². The van der Waals surface area contributed by atoms with Crippen LogP contribution in [-0.4, -0.2) is 34.9 Å². The lowest BCUT2D eigenvalue weighted by molar-refractivity contribution is 0.820. The summed E-state index contributed by atoms with van der Waals surface area (Å²) in [5.74, 6) is 9.07. The maximum absolute atomic E-state index is 4.72. The molecule has 0 unspecified atom stereocenters. The van der Waals surface area contributed by atoms with Crippen LogP contribution < -0.4 is 0 Å². The first-order valence-corrected chi connectivity index (χ1v) is 45.8. The van der Waals surface area contributed by atoms with Gasteiger partial charge in [-0.3, -0.25) is 29.9 Å². The smallest absolute Gasteiger partial charge is 0.0893 e. The number of benzene rings is 6. The van der Waals surface area contributed by atoms with Crippen molar-refractivity contribution in [2.75, 3.05) is 0 Å². The number of hydrogen-bond donors (Lipinski definition) is 0. The Morgan fingerprint density at radius 2 is 0.525 bits per heavy atom. The molecule has 0 bridgehead atoms. The van der Waals surface area contributed by atoms with E-state index in [2.05, 4.69) is 416 Å². The van der Waals surface area contributed by atoms with E-state index in [0.29, 0.717) is 94.7 Å². The van der Waals surface area contributed by atoms with Gasteiger partial charge in [-0.05, 0) is 240 Å². The minimum Gasteiger partial charge on any atom is -0.264 e. The number of nitrogens with zero attached hydrogens (tertiary/aromatic N) is 7. The molecule has 0 atom stereocenters. The molecule has 6 aromatic carbocycles. The minimum absolute atomic E-state index is 0. The first kappa shape index (κ1) is 102. The van der Waals surface area contributed by atoms with Gasteiger partial charge in [0.25, 0.3) is 0 Å². The SMILES string of the molecule is C.C.CC(C)c1ccc(C(C)C)s1.CC(C)c1ccc2ccc(C(C)C)nc2c1.CC(C)c1ccc2ccc(C(C)C)nc2c1.CC(C)c1ccc2cnc(C(C)C)cc2c1.CC(C)c1ccc2ncc(C(C)C)cc2c1.CC(C)c1ccc2ncc(C(C)C)nc2c1.CC(C)c1ccc2sc(C(C)C)cc2c1.CC(C)c1cncc(C(C)C)c1. The fourth-order valence-electron chi connectivity index (χ4n) is 12.9. The van der Waals surface area contributed by atoms with Crippen LogP contribution in [0, 0.1) is 0 Å². The third-order valence-electron chi connectivity index (χ3n) is 21.6. The van der Waals surface area contributed by atoms with E-state index < -0.39 is 0 Å². The van der Waals surface area contributed by atoms with Crippen molar-refractivity contribution in [3.63, 3.8) is 0 Å². The maximum atomic E-state index is 4.72. The van der Waals surface area contributed by atoms with E-state index in [4.69, 9.17) is 9.97 Å². The van der Waals surface area contributed by atoms with E-state index in [0.717, 1.165) is 33.3 Å². The van der Waals surface area contributed by atoms with Gasteiger partial charge in [0.05, 0.1) is 33.3 Å². The van der Waals surface area contributed by atoms with Gasteiger partial charge in [-0.15, -0.1) is 22.7 Å². The van der Waals surface area contributed by atoms with E-state index in [-0.39, 0.29) is 14.9 Å². The van der Waals surface area contributed by atoms with E-state index >= 15 is 0 Å². The third kappa shape index (κ3) is 30.3. The van der Waals surface area contributed by atoms with Gasteiger partial charge in [-0.1, -0.05) is 321 Å². The van der Waals surface area contributed by atoms with Gasteiger partial charge in [0.15, 0.2) is 0 Å². The second kappa shape index (κ2) is 48.1. The first-order chi connectivity index (χ1) is 55.7. The maximum Gasteiger partial charge on any atom is 0.0893 e. The Labute approximate surface area is 736 Å².